The molecular formula is C21H26N2O3S. The van der Waals surface area contributed by atoms with Crippen LogP contribution >= 0.6 is 12.2 Å². The van der Waals surface area contributed by atoms with Crippen LogP contribution in [0.2, 0.25) is 0 Å². The Bertz CT molecular complexity index is 724. The van der Waals surface area contributed by atoms with Crippen LogP contribution in [-0.4, -0.2) is 17.6 Å². The number of thiocarbonyl (C=S) groups is 1. The molecule has 0 bridgehead atoms. The molecule has 0 unspecified atom stereocenters. The molecule has 0 aliphatic heterocycles. The summed E-state index contributed by atoms with van der Waals surface area (Å²) < 4.78 is 10.9. The summed E-state index contributed by atoms with van der Waals surface area (Å²) in [5.74, 6) is 1.10. The van der Waals surface area contributed by atoms with Gasteiger partial charge in [0.25, 0.3) is 0 Å². The van der Waals surface area contributed by atoms with Gasteiger partial charge < -0.3 is 14.5 Å². The Hall–Kier alpha value is -2.60. The molecule has 144 valence electrons. The van der Waals surface area contributed by atoms with Crippen LogP contribution in [-0.2, 0) is 4.79 Å². The molecule has 1 aromatic carbocycles. The van der Waals surface area contributed by atoms with Gasteiger partial charge >= 0.3 is 0 Å². The largest absolute Gasteiger partial charge is 0.494 e. The molecule has 0 aliphatic rings. The quantitative estimate of drug-likeness (QED) is 0.336. The van der Waals surface area contributed by atoms with Gasteiger partial charge in [-0.3, -0.25) is 10.1 Å². The maximum absolute atomic E-state index is 11.8. The van der Waals surface area contributed by atoms with Crippen LogP contribution < -0.4 is 15.4 Å². The SMILES string of the molecule is CCCCCCCOc1ccc(NC(=S)NC(=O)C=Cc2ccco2)cc1. The molecule has 1 heterocycles. The molecule has 1 amide bonds. The standard InChI is InChI=1S/C21H26N2O3S/c1-2-3-4-5-6-15-25-19-11-9-17(10-12-19)22-21(27)23-20(24)14-13-18-8-7-16-26-18/h7-14,16H,2-6,15H2,1H3,(H2,22,23,24,27). The van der Waals surface area contributed by atoms with Crippen LogP contribution in [0, 0.1) is 0 Å². The summed E-state index contributed by atoms with van der Waals surface area (Å²) in [6.45, 7) is 2.94. The van der Waals surface area contributed by atoms with E-state index >= 15 is 0 Å². The second kappa shape index (κ2) is 11.9. The highest BCUT2D eigenvalue weighted by atomic mass is 32.1. The van der Waals surface area contributed by atoms with Gasteiger partial charge in [0, 0.05) is 11.8 Å². The first-order valence-corrected chi connectivity index (χ1v) is 9.64. The number of ether oxygens (including phenoxy) is 1. The van der Waals surface area contributed by atoms with Gasteiger partial charge in [-0.05, 0) is 61.1 Å². The molecule has 27 heavy (non-hydrogen) atoms. The highest BCUT2D eigenvalue weighted by molar-refractivity contribution is 7.80. The first kappa shape index (κ1) is 20.7. The van der Waals surface area contributed by atoms with Crippen LogP contribution in [0.1, 0.15) is 44.8 Å². The van der Waals surface area contributed by atoms with E-state index in [-0.39, 0.29) is 11.0 Å². The number of benzene rings is 1. The minimum atomic E-state index is -0.327. The summed E-state index contributed by atoms with van der Waals surface area (Å²) in [5.41, 5.74) is 0.783. The Kier molecular flexibility index (Phi) is 9.13. The van der Waals surface area contributed by atoms with Crippen molar-refractivity contribution in [3.05, 3.63) is 54.5 Å². The predicted molar refractivity (Wildman–Crippen MR) is 113 cm³/mol. The Labute approximate surface area is 165 Å². The van der Waals surface area contributed by atoms with E-state index in [1.54, 1.807) is 24.5 Å². The number of hydrogen-bond donors (Lipinski definition) is 2. The van der Waals surface area contributed by atoms with Crippen LogP contribution in [0.3, 0.4) is 0 Å². The number of rotatable bonds is 10. The molecule has 6 heteroatoms. The molecule has 0 aliphatic carbocycles. The van der Waals surface area contributed by atoms with Crippen LogP contribution in [0.4, 0.5) is 5.69 Å². The van der Waals surface area contributed by atoms with Crippen molar-refractivity contribution in [2.75, 3.05) is 11.9 Å². The van der Waals surface area contributed by atoms with Crippen molar-refractivity contribution in [3.8, 4) is 5.75 Å². The molecule has 0 radical (unpaired) electrons. The highest BCUT2D eigenvalue weighted by Gasteiger charge is 2.03. The van der Waals surface area contributed by atoms with Crippen molar-refractivity contribution in [3.63, 3.8) is 0 Å². The number of furan rings is 1. The van der Waals surface area contributed by atoms with Crippen molar-refractivity contribution in [1.29, 1.82) is 0 Å². The fraction of sp³-hybridized carbons (Fsp3) is 0.333. The van der Waals surface area contributed by atoms with Gasteiger partial charge in [0.2, 0.25) is 5.91 Å². The summed E-state index contributed by atoms with van der Waals surface area (Å²) in [4.78, 5) is 11.8. The molecule has 0 saturated carbocycles. The predicted octanol–water partition coefficient (Wildman–Crippen LogP) is 5.16. The second-order valence-corrected chi connectivity index (χ2v) is 6.49. The topological polar surface area (TPSA) is 63.5 Å². The van der Waals surface area contributed by atoms with Gasteiger partial charge in [-0.1, -0.05) is 32.6 Å². The molecule has 0 saturated heterocycles. The summed E-state index contributed by atoms with van der Waals surface area (Å²) >= 11 is 5.15. The Morgan fingerprint density at radius 2 is 1.93 bits per heavy atom. The lowest BCUT2D eigenvalue weighted by molar-refractivity contribution is -0.115. The van der Waals surface area contributed by atoms with Crippen LogP contribution in [0.5, 0.6) is 5.75 Å². The molecule has 2 N–H and O–H groups in total. The van der Waals surface area contributed by atoms with E-state index in [1.165, 1.54) is 31.8 Å². The zero-order valence-electron chi connectivity index (χ0n) is 15.6. The molecule has 2 aromatic rings. The van der Waals surface area contributed by atoms with E-state index in [2.05, 4.69) is 17.6 Å². The zero-order valence-corrected chi connectivity index (χ0v) is 16.4. The van der Waals surface area contributed by atoms with E-state index in [0.29, 0.717) is 5.76 Å². The van der Waals surface area contributed by atoms with E-state index in [9.17, 15) is 4.79 Å². The third-order valence-corrected chi connectivity index (χ3v) is 4.01. The molecule has 2 rings (SSSR count). The van der Waals surface area contributed by atoms with Gasteiger partial charge in [0.05, 0.1) is 12.9 Å². The minimum absolute atomic E-state index is 0.230. The normalized spacial score (nSPS) is 10.7. The van der Waals surface area contributed by atoms with E-state index < -0.39 is 0 Å². The van der Waals surface area contributed by atoms with E-state index in [4.69, 9.17) is 21.4 Å². The number of carbonyl (C=O) groups excluding carboxylic acids is 1. The number of amides is 1. The number of unbranched alkanes of at least 4 members (excludes halogenated alkanes) is 4. The zero-order chi connectivity index (χ0) is 19.3. The fourth-order valence-corrected chi connectivity index (χ4v) is 2.61. The first-order valence-electron chi connectivity index (χ1n) is 9.24. The number of anilines is 1. The Morgan fingerprint density at radius 1 is 1.15 bits per heavy atom. The molecule has 0 spiro atoms. The smallest absolute Gasteiger partial charge is 0.250 e. The van der Waals surface area contributed by atoms with Gasteiger partial charge in [-0.25, -0.2) is 0 Å². The number of hydrogen-bond acceptors (Lipinski definition) is 4. The molecular weight excluding hydrogens is 360 g/mol. The van der Waals surface area contributed by atoms with Crippen LogP contribution in [0.25, 0.3) is 6.08 Å². The Balaban J connectivity index is 1.68. The lowest BCUT2D eigenvalue weighted by Crippen LogP contribution is -2.32. The van der Waals surface area contributed by atoms with Crippen LogP contribution in [0.15, 0.2) is 53.2 Å². The van der Waals surface area contributed by atoms with Gasteiger partial charge in [-0.2, -0.15) is 0 Å². The monoisotopic (exact) mass is 386 g/mol. The molecule has 0 fully saturated rings. The third-order valence-electron chi connectivity index (χ3n) is 3.81. The molecule has 5 nitrogen and oxygen atoms in total. The van der Waals surface area contributed by atoms with Crippen molar-refractivity contribution in [2.24, 2.45) is 0 Å². The Morgan fingerprint density at radius 3 is 2.63 bits per heavy atom. The minimum Gasteiger partial charge on any atom is -0.494 e. The summed E-state index contributed by atoms with van der Waals surface area (Å²) in [6.07, 6.45) is 10.6. The highest BCUT2D eigenvalue weighted by Crippen LogP contribution is 2.16. The van der Waals surface area contributed by atoms with Gasteiger partial charge in [0.15, 0.2) is 5.11 Å². The van der Waals surface area contributed by atoms with Crippen molar-refractivity contribution in [2.45, 2.75) is 39.0 Å². The van der Waals surface area contributed by atoms with Crippen molar-refractivity contribution < 1.29 is 13.9 Å². The summed E-state index contributed by atoms with van der Waals surface area (Å²) in [7, 11) is 0. The number of nitrogens with one attached hydrogen (secondary N) is 2. The lowest BCUT2D eigenvalue weighted by Gasteiger charge is -2.10. The van der Waals surface area contributed by atoms with Gasteiger partial charge in [-0.15, -0.1) is 0 Å². The average Bonchev–Trinajstić information content (AvgIpc) is 3.18. The van der Waals surface area contributed by atoms with Crippen molar-refractivity contribution >= 4 is 35.0 Å². The lowest BCUT2D eigenvalue weighted by atomic mass is 10.2. The molecule has 0 atom stereocenters. The maximum Gasteiger partial charge on any atom is 0.250 e. The second-order valence-electron chi connectivity index (χ2n) is 6.08. The van der Waals surface area contributed by atoms with Crippen molar-refractivity contribution in [1.82, 2.24) is 5.32 Å². The van der Waals surface area contributed by atoms with E-state index in [1.807, 2.05) is 24.3 Å². The summed E-state index contributed by atoms with van der Waals surface area (Å²) in [6, 6.07) is 11.0. The average molecular weight is 387 g/mol. The summed E-state index contributed by atoms with van der Waals surface area (Å²) in [5, 5.41) is 5.79. The fourth-order valence-electron chi connectivity index (χ4n) is 2.39. The third kappa shape index (κ3) is 8.55. The maximum atomic E-state index is 11.8. The number of carbonyl (C=O) groups is 1. The van der Waals surface area contributed by atoms with E-state index in [0.717, 1.165) is 24.5 Å². The van der Waals surface area contributed by atoms with Gasteiger partial charge in [0.1, 0.15) is 11.5 Å². The first-order chi connectivity index (χ1) is 13.2. The molecule has 1 aromatic heterocycles.